The molecule has 142 valence electrons. The van der Waals surface area contributed by atoms with Crippen LogP contribution in [0.4, 0.5) is 5.95 Å². The topological polar surface area (TPSA) is 73.0 Å². The van der Waals surface area contributed by atoms with E-state index in [4.69, 9.17) is 9.40 Å². The number of carbonyl (C=O) groups is 1. The number of allylic oxidation sites excluding steroid dienone is 2. The number of hydrogen-bond donors (Lipinski definition) is 1. The molecule has 1 aliphatic carbocycles. The van der Waals surface area contributed by atoms with Crippen molar-refractivity contribution in [1.29, 1.82) is 0 Å². The zero-order valence-corrected chi connectivity index (χ0v) is 15.6. The molecule has 6 heteroatoms. The average molecular weight is 382 g/mol. The van der Waals surface area contributed by atoms with Gasteiger partial charge in [0.1, 0.15) is 11.8 Å². The predicted octanol–water partition coefficient (Wildman–Crippen LogP) is 4.44. The number of fused-ring (bicyclic) bond motifs is 3. The number of ketones is 1. The molecular formula is C23H18N4O2. The summed E-state index contributed by atoms with van der Waals surface area (Å²) in [6.07, 6.45) is 4.57. The fraction of sp³-hybridized carbons (Fsp3) is 0.174. The van der Waals surface area contributed by atoms with E-state index in [1.165, 1.54) is 0 Å². The Bertz CT molecular complexity index is 1250. The van der Waals surface area contributed by atoms with Gasteiger partial charge in [-0.15, -0.1) is 0 Å². The molecule has 1 aromatic carbocycles. The Hall–Kier alpha value is -3.67. The van der Waals surface area contributed by atoms with Crippen LogP contribution < -0.4 is 5.32 Å². The maximum absolute atomic E-state index is 13.4. The van der Waals surface area contributed by atoms with Crippen molar-refractivity contribution in [3.63, 3.8) is 0 Å². The van der Waals surface area contributed by atoms with E-state index in [2.05, 4.69) is 14.9 Å². The number of rotatable bonds is 2. The molecule has 0 spiro atoms. The van der Waals surface area contributed by atoms with Crippen LogP contribution in [-0.4, -0.2) is 20.3 Å². The van der Waals surface area contributed by atoms with Gasteiger partial charge in [0.05, 0.1) is 23.0 Å². The lowest BCUT2D eigenvalue weighted by atomic mass is 9.80. The Balaban J connectivity index is 1.56. The van der Waals surface area contributed by atoms with Crippen molar-refractivity contribution < 1.29 is 9.21 Å². The Labute approximate surface area is 166 Å². The van der Waals surface area contributed by atoms with Crippen molar-refractivity contribution in [1.82, 2.24) is 14.5 Å². The second kappa shape index (κ2) is 6.17. The maximum atomic E-state index is 13.4. The molecule has 4 heterocycles. The Morgan fingerprint density at radius 2 is 1.93 bits per heavy atom. The van der Waals surface area contributed by atoms with Gasteiger partial charge < -0.3 is 9.73 Å². The van der Waals surface area contributed by atoms with Crippen LogP contribution >= 0.6 is 0 Å². The summed E-state index contributed by atoms with van der Waals surface area (Å²) in [7, 11) is 0. The molecule has 0 amide bonds. The average Bonchev–Trinajstić information content (AvgIpc) is 3.40. The van der Waals surface area contributed by atoms with Crippen LogP contribution in [0.5, 0.6) is 0 Å². The van der Waals surface area contributed by atoms with Crippen molar-refractivity contribution in [2.45, 2.75) is 24.8 Å². The summed E-state index contributed by atoms with van der Waals surface area (Å²) in [5, 5.41) is 3.45. The van der Waals surface area contributed by atoms with Crippen molar-refractivity contribution >= 4 is 22.8 Å². The summed E-state index contributed by atoms with van der Waals surface area (Å²) >= 11 is 0. The number of anilines is 1. The number of Topliss-reactive ketones (excluding diaryl/α,β-unsaturated/α-hetero) is 1. The number of hydrogen-bond acceptors (Lipinski definition) is 5. The molecule has 2 unspecified atom stereocenters. The fourth-order valence-corrected chi connectivity index (χ4v) is 4.57. The summed E-state index contributed by atoms with van der Waals surface area (Å²) < 4.78 is 7.69. The Morgan fingerprint density at radius 3 is 2.76 bits per heavy atom. The largest absolute Gasteiger partial charge is 0.469 e. The molecule has 0 saturated carbocycles. The number of pyridine rings is 1. The lowest BCUT2D eigenvalue weighted by Crippen LogP contribution is -2.33. The minimum atomic E-state index is -0.292. The van der Waals surface area contributed by atoms with Gasteiger partial charge in [-0.3, -0.25) is 14.3 Å². The van der Waals surface area contributed by atoms with Crippen LogP contribution in [0, 0.1) is 0 Å². The highest BCUT2D eigenvalue weighted by atomic mass is 16.3. The van der Waals surface area contributed by atoms with Gasteiger partial charge in [0.15, 0.2) is 5.78 Å². The summed E-state index contributed by atoms with van der Waals surface area (Å²) in [4.78, 5) is 22.8. The van der Waals surface area contributed by atoms with Gasteiger partial charge in [-0.05, 0) is 42.8 Å². The number of benzene rings is 1. The van der Waals surface area contributed by atoms with Crippen LogP contribution in [-0.2, 0) is 4.79 Å². The molecule has 0 fully saturated rings. The monoisotopic (exact) mass is 382 g/mol. The second-order valence-electron chi connectivity index (χ2n) is 7.51. The van der Waals surface area contributed by atoms with Gasteiger partial charge in [0.2, 0.25) is 5.95 Å². The van der Waals surface area contributed by atoms with E-state index in [0.29, 0.717) is 12.8 Å². The lowest BCUT2D eigenvalue weighted by molar-refractivity contribution is -0.116. The summed E-state index contributed by atoms with van der Waals surface area (Å²) in [6, 6.07) is 17.3. The number of imidazole rings is 1. The first kappa shape index (κ1) is 16.3. The minimum Gasteiger partial charge on any atom is -0.469 e. The molecule has 0 saturated heterocycles. The van der Waals surface area contributed by atoms with Crippen molar-refractivity contribution in [3.8, 4) is 0 Å². The molecule has 3 aromatic heterocycles. The van der Waals surface area contributed by atoms with Crippen molar-refractivity contribution in [2.75, 3.05) is 5.32 Å². The van der Waals surface area contributed by atoms with E-state index in [-0.39, 0.29) is 17.7 Å². The van der Waals surface area contributed by atoms with E-state index in [9.17, 15) is 4.79 Å². The number of carbonyl (C=O) groups excluding carboxylic acids is 1. The summed E-state index contributed by atoms with van der Waals surface area (Å²) in [5.41, 5.74) is 4.42. The van der Waals surface area contributed by atoms with Crippen molar-refractivity contribution in [2.24, 2.45) is 0 Å². The lowest BCUT2D eigenvalue weighted by Gasteiger charge is -2.35. The van der Waals surface area contributed by atoms with Gasteiger partial charge >= 0.3 is 0 Å². The van der Waals surface area contributed by atoms with E-state index < -0.39 is 0 Å². The number of para-hydroxylation sites is 2. The molecule has 0 bridgehead atoms. The first-order chi connectivity index (χ1) is 14.3. The number of furan rings is 1. The van der Waals surface area contributed by atoms with Gasteiger partial charge in [-0.1, -0.05) is 18.2 Å². The maximum Gasteiger partial charge on any atom is 0.209 e. The predicted molar refractivity (Wildman–Crippen MR) is 108 cm³/mol. The number of nitrogens with zero attached hydrogens (tertiary/aromatic N) is 3. The SMILES string of the molecule is O=C1CC(c2ccco2)CC2=C1C(c1ccccn1)n1c(nc3ccccc31)N2. The quantitative estimate of drug-likeness (QED) is 0.555. The van der Waals surface area contributed by atoms with Gasteiger partial charge in [0, 0.05) is 29.8 Å². The molecule has 1 aliphatic heterocycles. The standard InChI is InChI=1S/C23H18N4O2/c28-19-13-14(20-9-5-11-29-20)12-17-21(19)22(16-7-3-4-10-24-16)27-18-8-2-1-6-15(18)25-23(27)26-17/h1-11,14,22H,12-13H2,(H,25,26). The van der Waals surface area contributed by atoms with Crippen LogP contribution in [0.3, 0.4) is 0 Å². The minimum absolute atomic E-state index is 0.0315. The molecule has 2 aliphatic rings. The normalized spacial score (nSPS) is 21.0. The van der Waals surface area contributed by atoms with Gasteiger partial charge in [0.25, 0.3) is 0 Å². The second-order valence-corrected chi connectivity index (χ2v) is 7.51. The zero-order chi connectivity index (χ0) is 19.4. The van der Waals surface area contributed by atoms with E-state index in [1.54, 1.807) is 12.5 Å². The molecule has 6 rings (SSSR count). The molecule has 1 N–H and O–H groups in total. The van der Waals surface area contributed by atoms with E-state index >= 15 is 0 Å². The molecule has 6 nitrogen and oxygen atoms in total. The third-order valence-electron chi connectivity index (χ3n) is 5.81. The fourth-order valence-electron chi connectivity index (χ4n) is 4.57. The van der Waals surface area contributed by atoms with Crippen LogP contribution in [0.1, 0.15) is 36.3 Å². The Morgan fingerprint density at radius 1 is 1.03 bits per heavy atom. The highest BCUT2D eigenvalue weighted by Gasteiger charge is 2.40. The highest BCUT2D eigenvalue weighted by Crippen LogP contribution is 2.45. The highest BCUT2D eigenvalue weighted by molar-refractivity contribution is 6.00. The molecule has 2 atom stereocenters. The van der Waals surface area contributed by atoms with Gasteiger partial charge in [-0.2, -0.15) is 0 Å². The molecule has 4 aromatic rings. The third kappa shape index (κ3) is 2.45. The first-order valence-corrected chi connectivity index (χ1v) is 9.74. The number of aromatic nitrogens is 3. The summed E-state index contributed by atoms with van der Waals surface area (Å²) in [5.74, 6) is 1.75. The van der Waals surface area contributed by atoms with Crippen molar-refractivity contribution in [3.05, 3.63) is 89.8 Å². The Kier molecular flexibility index (Phi) is 3.47. The molecule has 29 heavy (non-hydrogen) atoms. The van der Waals surface area contributed by atoms with Crippen LogP contribution in [0.15, 0.2) is 82.7 Å². The zero-order valence-electron chi connectivity index (χ0n) is 15.6. The number of nitrogens with one attached hydrogen (secondary N) is 1. The smallest absolute Gasteiger partial charge is 0.209 e. The first-order valence-electron chi connectivity index (χ1n) is 9.74. The van der Waals surface area contributed by atoms with E-state index in [1.807, 2.05) is 54.6 Å². The third-order valence-corrected chi connectivity index (χ3v) is 5.81. The van der Waals surface area contributed by atoms with Crippen LogP contribution in [0.25, 0.3) is 11.0 Å². The van der Waals surface area contributed by atoms with Crippen LogP contribution in [0.2, 0.25) is 0 Å². The molecular weight excluding hydrogens is 364 g/mol. The van der Waals surface area contributed by atoms with Gasteiger partial charge in [-0.25, -0.2) is 4.98 Å². The summed E-state index contributed by atoms with van der Waals surface area (Å²) in [6.45, 7) is 0. The van der Waals surface area contributed by atoms with E-state index in [0.717, 1.165) is 39.7 Å². The molecule has 0 radical (unpaired) electrons.